The maximum atomic E-state index is 8.58. The Balaban J connectivity index is -0.0000000457. The fraction of sp³-hybridized carbons (Fsp3) is 0. The van der Waals surface area contributed by atoms with Gasteiger partial charge in [0.15, 0.2) is 0 Å². The molecule has 0 aliphatic heterocycles. The molecule has 12 heavy (non-hydrogen) atoms. The molecule has 0 aliphatic carbocycles. The average molecular weight is 462 g/mol. The van der Waals surface area contributed by atoms with Crippen molar-refractivity contribution in [1.82, 2.24) is 0 Å². The first-order chi connectivity index (χ1) is 4.00. The van der Waals surface area contributed by atoms with Crippen molar-refractivity contribution in [1.29, 1.82) is 0 Å². The first-order valence-corrected chi connectivity index (χ1v) is 4.90. The van der Waals surface area contributed by atoms with Gasteiger partial charge in [-0.05, 0) is 0 Å². The summed E-state index contributed by atoms with van der Waals surface area (Å²) in [6.07, 6.45) is 0. The van der Waals surface area contributed by atoms with Crippen LogP contribution in [0.25, 0.3) is 0 Å². The van der Waals surface area contributed by atoms with Crippen LogP contribution >= 0.6 is 0 Å². The Kier molecular flexibility index (Phi) is 19.9. The maximum absolute atomic E-state index is 8.58. The van der Waals surface area contributed by atoms with Crippen molar-refractivity contribution in [3.8, 4) is 0 Å². The third-order valence-corrected chi connectivity index (χ3v) is 0. The third-order valence-electron chi connectivity index (χ3n) is 0. The van der Waals surface area contributed by atoms with Crippen LogP contribution in [0.15, 0.2) is 0 Å². The van der Waals surface area contributed by atoms with Crippen molar-refractivity contribution in [2.75, 3.05) is 0 Å². The van der Waals surface area contributed by atoms with Gasteiger partial charge in [-0.2, -0.15) is 0 Å². The van der Waals surface area contributed by atoms with Crippen LogP contribution < -0.4 is 38.4 Å². The average Bonchev–Trinajstić information content (AvgIpc) is 1.12. The first-order valence-electron chi connectivity index (χ1n) is 1.63. The van der Waals surface area contributed by atoms with E-state index in [1.165, 1.54) is 0 Å². The van der Waals surface area contributed by atoms with E-state index in [1.54, 1.807) is 0 Å². The van der Waals surface area contributed by atoms with Gasteiger partial charge in [0.05, 0.1) is 0 Å². The van der Waals surface area contributed by atoms with Crippen molar-refractivity contribution < 1.29 is 69.5 Å². The zero-order valence-electron chi connectivity index (χ0n) is 5.47. The minimum Gasteiger partial charge on any atom is -0.894 e. The van der Waals surface area contributed by atoms with E-state index in [-0.39, 0.29) is 68.9 Å². The molecule has 0 spiro atoms. The predicted molar refractivity (Wildman–Crippen MR) is 17.3 cm³/mol. The summed E-state index contributed by atoms with van der Waals surface area (Å²) in [4.78, 5) is 68.6. The maximum Gasteiger partial charge on any atom is 2.00 e. The van der Waals surface area contributed by atoms with Gasteiger partial charge in [0.25, 0.3) is 0 Å². The van der Waals surface area contributed by atoms with Crippen LogP contribution in [0.3, 0.4) is 0 Å². The minimum atomic E-state index is -5.61. The molecule has 0 bridgehead atoms. The molecule has 12 heteroatoms. The summed E-state index contributed by atoms with van der Waals surface area (Å²) >= 11 is 0. The Morgan fingerprint density at radius 3 is 0.500 bits per heavy atom. The molecule has 0 aromatic heterocycles. The number of rotatable bonds is 0. The Hall–Kier alpha value is 2.43. The van der Waals surface area contributed by atoms with E-state index in [9.17, 15) is 0 Å². The summed E-state index contributed by atoms with van der Waals surface area (Å²) in [6, 6.07) is 0. The zero-order chi connectivity index (χ0) is 9.00. The van der Waals surface area contributed by atoms with Crippen LogP contribution in [0.2, 0.25) is 0 Å². The van der Waals surface area contributed by atoms with Crippen LogP contribution in [0.5, 0.6) is 0 Å². The van der Waals surface area contributed by atoms with Gasteiger partial charge >= 0.3 is 37.7 Å². The standard InChI is InChI=1S/Ca.2O4Si.U/c;2*1-5(2,3)4;/q+2;2*-4;. The summed E-state index contributed by atoms with van der Waals surface area (Å²) in [6.45, 7) is 0. The smallest absolute Gasteiger partial charge is 0.894 e. The summed E-state index contributed by atoms with van der Waals surface area (Å²) in [5.41, 5.74) is 0. The van der Waals surface area contributed by atoms with E-state index >= 15 is 0 Å². The largest absolute Gasteiger partial charge is 2.00 e. The van der Waals surface area contributed by atoms with Crippen molar-refractivity contribution in [2.24, 2.45) is 0 Å². The molecular formula is CaO8Si2U-6. The quantitative estimate of drug-likeness (QED) is 0.318. The fourth-order valence-corrected chi connectivity index (χ4v) is 0. The number of hydrogen-bond acceptors (Lipinski definition) is 8. The van der Waals surface area contributed by atoms with Crippen LogP contribution in [-0.4, -0.2) is 55.8 Å². The second kappa shape index (κ2) is 9.96. The zero-order valence-corrected chi connectivity index (χ0v) is 13.8. The molecule has 0 unspecified atom stereocenters. The van der Waals surface area contributed by atoms with Gasteiger partial charge in [-0.25, -0.2) is 0 Å². The van der Waals surface area contributed by atoms with Gasteiger partial charge in [-0.1, -0.05) is 0 Å². The second-order valence-corrected chi connectivity index (χ2v) is 3.00. The minimum absolute atomic E-state index is 0. The third kappa shape index (κ3) is 276. The number of hydrogen-bond donors (Lipinski definition) is 0. The van der Waals surface area contributed by atoms with E-state index in [0.29, 0.717) is 0 Å². The molecule has 0 aliphatic rings. The van der Waals surface area contributed by atoms with Crippen molar-refractivity contribution in [3.05, 3.63) is 0 Å². The molecule has 0 aromatic rings. The Morgan fingerprint density at radius 2 is 0.500 bits per heavy atom. The van der Waals surface area contributed by atoms with E-state index in [4.69, 9.17) is 38.4 Å². The van der Waals surface area contributed by atoms with E-state index < -0.39 is 18.1 Å². The van der Waals surface area contributed by atoms with Crippen LogP contribution in [0, 0.1) is 31.1 Å². The molecule has 0 radical (unpaired) electrons. The van der Waals surface area contributed by atoms with Crippen molar-refractivity contribution in [2.45, 2.75) is 0 Å². The molecule has 0 heterocycles. The molecule has 0 atom stereocenters. The molecule has 0 rings (SSSR count). The molecular weight excluding hydrogens is 462 g/mol. The van der Waals surface area contributed by atoms with Crippen LogP contribution in [0.4, 0.5) is 0 Å². The van der Waals surface area contributed by atoms with Gasteiger partial charge in [-0.3, -0.25) is 0 Å². The molecule has 8 nitrogen and oxygen atoms in total. The summed E-state index contributed by atoms with van der Waals surface area (Å²) < 4.78 is 0. The van der Waals surface area contributed by atoms with E-state index in [2.05, 4.69) is 0 Å². The van der Waals surface area contributed by atoms with Crippen LogP contribution in [0.1, 0.15) is 0 Å². The van der Waals surface area contributed by atoms with Gasteiger partial charge in [0.1, 0.15) is 0 Å². The van der Waals surface area contributed by atoms with Gasteiger partial charge in [-0.15, -0.1) is 0 Å². The fourth-order valence-electron chi connectivity index (χ4n) is 0. The molecule has 0 aromatic carbocycles. The van der Waals surface area contributed by atoms with Crippen LogP contribution in [-0.2, 0) is 0 Å². The summed E-state index contributed by atoms with van der Waals surface area (Å²) in [5, 5.41) is 0. The van der Waals surface area contributed by atoms with Crippen molar-refractivity contribution in [3.63, 3.8) is 0 Å². The van der Waals surface area contributed by atoms with Gasteiger partial charge in [0.2, 0.25) is 0 Å². The SMILES string of the molecule is [Ca+2].[O-][Si]([O-])([O-])[O-].[O-][Si]([O-])([O-])[O-].[U]. The van der Waals surface area contributed by atoms with Gasteiger partial charge < -0.3 is 56.5 Å². The van der Waals surface area contributed by atoms with Crippen molar-refractivity contribution >= 4 is 55.8 Å². The molecule has 0 saturated heterocycles. The topological polar surface area (TPSA) is 184 Å². The van der Waals surface area contributed by atoms with E-state index in [1.807, 2.05) is 0 Å². The molecule has 0 saturated carbocycles. The Bertz CT molecular complexity index is 60.0. The second-order valence-electron chi connectivity index (χ2n) is 1.00. The monoisotopic (exact) mass is 462 g/mol. The first kappa shape index (κ1) is 23.9. The Morgan fingerprint density at radius 1 is 0.500 bits per heavy atom. The van der Waals surface area contributed by atoms with Gasteiger partial charge in [0, 0.05) is 31.1 Å². The predicted octanol–water partition coefficient (Wildman–Crippen LogP) is -10.7. The molecule has 0 N–H and O–H groups in total. The normalized spacial score (nSPS) is 10.0. The summed E-state index contributed by atoms with van der Waals surface area (Å²) in [5.74, 6) is 0. The molecule has 68 valence electrons. The Labute approximate surface area is 123 Å². The molecule has 0 fully saturated rings. The summed E-state index contributed by atoms with van der Waals surface area (Å²) in [7, 11) is -11.2. The molecule has 0 amide bonds. The van der Waals surface area contributed by atoms with E-state index in [0.717, 1.165) is 0 Å².